The van der Waals surface area contributed by atoms with E-state index < -0.39 is 11.5 Å². The number of aliphatic carboxylic acids is 1. The fourth-order valence-electron chi connectivity index (χ4n) is 4.21. The zero-order valence-corrected chi connectivity index (χ0v) is 11.8. The first-order valence-corrected chi connectivity index (χ1v) is 7.55. The number of nitrogens with zero attached hydrogens (tertiary/aromatic N) is 2. The lowest BCUT2D eigenvalue weighted by Crippen LogP contribution is -2.54. The Balaban J connectivity index is 1.63. The molecule has 0 aromatic rings. The Morgan fingerprint density at radius 1 is 1.21 bits per heavy atom. The molecule has 0 radical (unpaired) electrons. The van der Waals surface area contributed by atoms with E-state index in [1.54, 1.807) is 7.05 Å². The minimum absolute atomic E-state index is 0.450. The molecule has 2 aliphatic heterocycles. The standard InChI is InChI=1S/C14H25N3O2/c1-15-14(13(18)19)5-4-11(9-14)17-8-7-16-6-2-3-12(16)10-17/h11-12,15H,2-10H2,1H3,(H,18,19). The molecule has 0 amide bonds. The summed E-state index contributed by atoms with van der Waals surface area (Å²) in [5.74, 6) is -0.683. The van der Waals surface area contributed by atoms with Crippen LogP contribution in [0.3, 0.4) is 0 Å². The molecule has 5 heteroatoms. The molecule has 5 nitrogen and oxygen atoms in total. The largest absolute Gasteiger partial charge is 0.480 e. The van der Waals surface area contributed by atoms with E-state index in [0.717, 1.165) is 38.4 Å². The maximum absolute atomic E-state index is 11.5. The third-order valence-electron chi connectivity index (χ3n) is 5.51. The van der Waals surface area contributed by atoms with Crippen molar-refractivity contribution in [3.05, 3.63) is 0 Å². The molecule has 0 bridgehead atoms. The molecule has 3 unspecified atom stereocenters. The van der Waals surface area contributed by atoms with Crippen LogP contribution in [0.4, 0.5) is 0 Å². The maximum Gasteiger partial charge on any atom is 0.323 e. The lowest BCUT2D eigenvalue weighted by atomic mass is 9.97. The fraction of sp³-hybridized carbons (Fsp3) is 0.929. The number of hydrogen-bond acceptors (Lipinski definition) is 4. The summed E-state index contributed by atoms with van der Waals surface area (Å²) in [5, 5.41) is 12.5. The molecule has 3 fully saturated rings. The van der Waals surface area contributed by atoms with Crippen molar-refractivity contribution in [2.24, 2.45) is 0 Å². The van der Waals surface area contributed by atoms with Gasteiger partial charge in [0.2, 0.25) is 0 Å². The summed E-state index contributed by atoms with van der Waals surface area (Å²) in [4.78, 5) is 16.6. The second kappa shape index (κ2) is 5.04. The van der Waals surface area contributed by atoms with Crippen LogP contribution in [0, 0.1) is 0 Å². The lowest BCUT2D eigenvalue weighted by Gasteiger charge is -2.41. The topological polar surface area (TPSA) is 55.8 Å². The molecular formula is C14H25N3O2. The van der Waals surface area contributed by atoms with Gasteiger partial charge in [0.05, 0.1) is 0 Å². The SMILES string of the molecule is CNC1(C(=O)O)CCC(N2CCN3CCCC3C2)C1. The summed E-state index contributed by atoms with van der Waals surface area (Å²) < 4.78 is 0. The molecule has 2 heterocycles. The number of carboxylic acid groups (broad SMARTS) is 1. The van der Waals surface area contributed by atoms with Gasteiger partial charge in [0.1, 0.15) is 5.54 Å². The van der Waals surface area contributed by atoms with Gasteiger partial charge in [-0.1, -0.05) is 0 Å². The van der Waals surface area contributed by atoms with Crippen LogP contribution in [0.25, 0.3) is 0 Å². The molecular weight excluding hydrogens is 242 g/mol. The minimum Gasteiger partial charge on any atom is -0.480 e. The van der Waals surface area contributed by atoms with Gasteiger partial charge in [0.25, 0.3) is 0 Å². The highest BCUT2D eigenvalue weighted by molar-refractivity contribution is 5.79. The van der Waals surface area contributed by atoms with Crippen molar-refractivity contribution in [2.45, 2.75) is 49.7 Å². The summed E-state index contributed by atoms with van der Waals surface area (Å²) in [5.41, 5.74) is -0.683. The Labute approximate surface area is 114 Å². The van der Waals surface area contributed by atoms with E-state index in [2.05, 4.69) is 15.1 Å². The van der Waals surface area contributed by atoms with Crippen molar-refractivity contribution in [3.63, 3.8) is 0 Å². The first-order valence-electron chi connectivity index (χ1n) is 7.55. The van der Waals surface area contributed by atoms with Gasteiger partial charge < -0.3 is 10.4 Å². The van der Waals surface area contributed by atoms with Crippen LogP contribution in [0.5, 0.6) is 0 Å². The predicted molar refractivity (Wildman–Crippen MR) is 73.2 cm³/mol. The van der Waals surface area contributed by atoms with E-state index in [1.165, 1.54) is 25.9 Å². The van der Waals surface area contributed by atoms with Gasteiger partial charge in [-0.05, 0) is 45.7 Å². The molecule has 0 spiro atoms. The molecule has 108 valence electrons. The molecule has 0 aromatic carbocycles. The number of hydrogen-bond donors (Lipinski definition) is 2. The summed E-state index contributed by atoms with van der Waals surface area (Å²) >= 11 is 0. The quantitative estimate of drug-likeness (QED) is 0.773. The Bertz CT molecular complexity index is 363. The summed E-state index contributed by atoms with van der Waals surface area (Å²) in [6.07, 6.45) is 5.18. The van der Waals surface area contributed by atoms with E-state index in [1.807, 2.05) is 0 Å². The fourth-order valence-corrected chi connectivity index (χ4v) is 4.21. The van der Waals surface area contributed by atoms with E-state index in [9.17, 15) is 9.90 Å². The van der Waals surface area contributed by atoms with Crippen molar-refractivity contribution in [1.82, 2.24) is 15.1 Å². The number of likely N-dealkylation sites (N-methyl/N-ethyl adjacent to an activating group) is 1. The Morgan fingerprint density at radius 3 is 2.68 bits per heavy atom. The first kappa shape index (κ1) is 13.3. The highest BCUT2D eigenvalue weighted by Crippen LogP contribution is 2.35. The number of carboxylic acids is 1. The van der Waals surface area contributed by atoms with Crippen LogP contribution in [0.15, 0.2) is 0 Å². The molecule has 19 heavy (non-hydrogen) atoms. The summed E-state index contributed by atoms with van der Waals surface area (Å²) in [6, 6.07) is 1.18. The van der Waals surface area contributed by atoms with E-state index in [4.69, 9.17) is 0 Å². The van der Waals surface area contributed by atoms with Gasteiger partial charge in [0, 0.05) is 31.7 Å². The van der Waals surface area contributed by atoms with Crippen molar-refractivity contribution in [3.8, 4) is 0 Å². The van der Waals surface area contributed by atoms with E-state index in [-0.39, 0.29) is 0 Å². The molecule has 0 aromatic heterocycles. The number of rotatable bonds is 3. The maximum atomic E-state index is 11.5. The Morgan fingerprint density at radius 2 is 2.00 bits per heavy atom. The second-order valence-corrected chi connectivity index (χ2v) is 6.36. The monoisotopic (exact) mass is 267 g/mol. The highest BCUT2D eigenvalue weighted by atomic mass is 16.4. The summed E-state index contributed by atoms with van der Waals surface area (Å²) in [7, 11) is 1.78. The van der Waals surface area contributed by atoms with Crippen LogP contribution in [-0.4, -0.2) is 71.7 Å². The van der Waals surface area contributed by atoms with E-state index in [0.29, 0.717) is 6.04 Å². The smallest absolute Gasteiger partial charge is 0.323 e. The molecule has 1 saturated carbocycles. The van der Waals surface area contributed by atoms with Gasteiger partial charge in [-0.25, -0.2) is 0 Å². The molecule has 3 aliphatic rings. The van der Waals surface area contributed by atoms with Gasteiger partial charge in [-0.3, -0.25) is 14.6 Å². The number of piperazine rings is 1. The van der Waals surface area contributed by atoms with Crippen molar-refractivity contribution in [1.29, 1.82) is 0 Å². The summed E-state index contributed by atoms with van der Waals surface area (Å²) in [6.45, 7) is 4.68. The number of carbonyl (C=O) groups is 1. The van der Waals surface area contributed by atoms with Crippen molar-refractivity contribution >= 4 is 5.97 Å². The average molecular weight is 267 g/mol. The average Bonchev–Trinajstić information content (AvgIpc) is 3.05. The Hall–Kier alpha value is -0.650. The van der Waals surface area contributed by atoms with Gasteiger partial charge in [-0.15, -0.1) is 0 Å². The van der Waals surface area contributed by atoms with Gasteiger partial charge in [0.15, 0.2) is 0 Å². The van der Waals surface area contributed by atoms with Crippen molar-refractivity contribution in [2.75, 3.05) is 33.2 Å². The van der Waals surface area contributed by atoms with E-state index >= 15 is 0 Å². The van der Waals surface area contributed by atoms with Crippen LogP contribution in [0.1, 0.15) is 32.1 Å². The lowest BCUT2D eigenvalue weighted by molar-refractivity contribution is -0.144. The van der Waals surface area contributed by atoms with Crippen molar-refractivity contribution < 1.29 is 9.90 Å². The molecule has 2 saturated heterocycles. The molecule has 3 atom stereocenters. The number of fused-ring (bicyclic) bond motifs is 1. The van der Waals surface area contributed by atoms with Gasteiger partial charge in [-0.2, -0.15) is 0 Å². The second-order valence-electron chi connectivity index (χ2n) is 6.36. The molecule has 3 rings (SSSR count). The third-order valence-corrected chi connectivity index (χ3v) is 5.51. The zero-order valence-electron chi connectivity index (χ0n) is 11.8. The number of nitrogens with one attached hydrogen (secondary N) is 1. The predicted octanol–water partition coefficient (Wildman–Crippen LogP) is 0.362. The Kier molecular flexibility index (Phi) is 3.53. The third kappa shape index (κ3) is 2.28. The van der Waals surface area contributed by atoms with Gasteiger partial charge >= 0.3 is 5.97 Å². The van der Waals surface area contributed by atoms with Crippen LogP contribution >= 0.6 is 0 Å². The minimum atomic E-state index is -0.683. The first-order chi connectivity index (χ1) is 9.14. The van der Waals surface area contributed by atoms with Crippen LogP contribution < -0.4 is 5.32 Å². The normalized spacial score (nSPS) is 40.5. The highest BCUT2D eigenvalue weighted by Gasteiger charge is 2.47. The van der Waals surface area contributed by atoms with Crippen LogP contribution in [0.2, 0.25) is 0 Å². The molecule has 2 N–H and O–H groups in total. The zero-order chi connectivity index (χ0) is 13.5. The molecule has 1 aliphatic carbocycles. The van der Waals surface area contributed by atoms with Crippen LogP contribution in [-0.2, 0) is 4.79 Å².